The van der Waals surface area contributed by atoms with Crippen LogP contribution in [0.5, 0.6) is 0 Å². The number of hydrogen-bond acceptors (Lipinski definition) is 3. The van der Waals surface area contributed by atoms with Crippen molar-refractivity contribution in [3.05, 3.63) is 57.8 Å². The summed E-state index contributed by atoms with van der Waals surface area (Å²) in [5.41, 5.74) is 0.212. The average molecular weight is 239 g/mol. The van der Waals surface area contributed by atoms with Gasteiger partial charge in [0, 0.05) is 11.6 Å². The van der Waals surface area contributed by atoms with Crippen molar-refractivity contribution < 1.29 is 13.7 Å². The molecule has 7 heteroatoms. The van der Waals surface area contributed by atoms with Gasteiger partial charge in [0.05, 0.1) is 23.9 Å². The molecule has 1 aromatic carbocycles. The van der Waals surface area contributed by atoms with Gasteiger partial charge in [-0.25, -0.2) is 8.78 Å². The highest BCUT2D eigenvalue weighted by Crippen LogP contribution is 2.12. The van der Waals surface area contributed by atoms with Crippen molar-refractivity contribution in [2.75, 3.05) is 0 Å². The van der Waals surface area contributed by atoms with E-state index >= 15 is 0 Å². The van der Waals surface area contributed by atoms with Crippen LogP contribution in [0.25, 0.3) is 0 Å². The van der Waals surface area contributed by atoms with Gasteiger partial charge in [-0.2, -0.15) is 4.68 Å². The first-order valence-corrected chi connectivity index (χ1v) is 4.68. The van der Waals surface area contributed by atoms with Crippen molar-refractivity contribution in [3.8, 4) is 0 Å². The van der Waals surface area contributed by atoms with Crippen LogP contribution in [0.1, 0.15) is 5.56 Å². The molecule has 0 unspecified atom stereocenters. The smallest absolute Gasteiger partial charge is 0.358 e. The van der Waals surface area contributed by atoms with E-state index in [0.29, 0.717) is 0 Å². The van der Waals surface area contributed by atoms with Crippen LogP contribution in [-0.2, 0) is 6.54 Å². The third-order valence-electron chi connectivity index (χ3n) is 2.16. The summed E-state index contributed by atoms with van der Waals surface area (Å²) in [5.74, 6) is -1.69. The first-order chi connectivity index (χ1) is 8.06. The quantitative estimate of drug-likeness (QED) is 0.608. The molecule has 0 aliphatic rings. The molecule has 88 valence electrons. The highest BCUT2D eigenvalue weighted by atomic mass is 19.1. The highest BCUT2D eigenvalue weighted by molar-refractivity contribution is 5.20. The molecule has 0 aliphatic heterocycles. The molecule has 1 aromatic heterocycles. The summed E-state index contributed by atoms with van der Waals surface area (Å²) in [5, 5.41) is 14.0. The standard InChI is InChI=1S/C10H7F2N3O2/c11-8-2-1-7(9(12)5-8)6-14-4-3-10(13-14)15(16)17/h1-5H,6H2. The van der Waals surface area contributed by atoms with Crippen LogP contribution in [0.2, 0.25) is 0 Å². The molecule has 0 spiro atoms. The van der Waals surface area contributed by atoms with E-state index in [1.54, 1.807) is 0 Å². The van der Waals surface area contributed by atoms with E-state index in [1.165, 1.54) is 23.0 Å². The molecule has 0 N–H and O–H groups in total. The zero-order valence-corrected chi connectivity index (χ0v) is 8.51. The number of benzene rings is 1. The highest BCUT2D eigenvalue weighted by Gasteiger charge is 2.12. The monoisotopic (exact) mass is 239 g/mol. The summed E-state index contributed by atoms with van der Waals surface area (Å²) < 4.78 is 27.1. The molecule has 0 fully saturated rings. The number of aromatic nitrogens is 2. The first-order valence-electron chi connectivity index (χ1n) is 4.68. The number of nitro groups is 1. The molecule has 1 heterocycles. The Hall–Kier alpha value is -2.31. The molecule has 0 aliphatic carbocycles. The van der Waals surface area contributed by atoms with Crippen LogP contribution in [0.15, 0.2) is 30.5 Å². The van der Waals surface area contributed by atoms with Gasteiger partial charge in [0.1, 0.15) is 11.6 Å². The average Bonchev–Trinajstić information content (AvgIpc) is 2.71. The second kappa shape index (κ2) is 4.28. The minimum Gasteiger partial charge on any atom is -0.358 e. The Morgan fingerprint density at radius 3 is 2.71 bits per heavy atom. The van der Waals surface area contributed by atoms with Gasteiger partial charge in [0.2, 0.25) is 0 Å². The van der Waals surface area contributed by atoms with E-state index in [0.717, 1.165) is 12.1 Å². The molecular weight excluding hydrogens is 232 g/mol. The normalized spacial score (nSPS) is 10.5. The van der Waals surface area contributed by atoms with E-state index < -0.39 is 16.6 Å². The maximum Gasteiger partial charge on any atom is 0.389 e. The zero-order valence-electron chi connectivity index (χ0n) is 8.51. The summed E-state index contributed by atoms with van der Waals surface area (Å²) in [6.45, 7) is 0.0138. The second-order valence-electron chi connectivity index (χ2n) is 3.36. The van der Waals surface area contributed by atoms with E-state index in [-0.39, 0.29) is 17.9 Å². The van der Waals surface area contributed by atoms with Crippen molar-refractivity contribution >= 4 is 5.82 Å². The lowest BCUT2D eigenvalue weighted by atomic mass is 10.2. The Kier molecular flexibility index (Phi) is 2.82. The summed E-state index contributed by atoms with van der Waals surface area (Å²) in [6.07, 6.45) is 1.36. The Bertz CT molecular complexity index is 568. The molecule has 0 amide bonds. The van der Waals surface area contributed by atoms with Gasteiger partial charge in [0.25, 0.3) is 0 Å². The van der Waals surface area contributed by atoms with Crippen molar-refractivity contribution in [2.45, 2.75) is 6.54 Å². The predicted molar refractivity (Wildman–Crippen MR) is 54.3 cm³/mol. The summed E-state index contributed by atoms with van der Waals surface area (Å²) in [7, 11) is 0. The van der Waals surface area contributed by atoms with Gasteiger partial charge in [0.15, 0.2) is 0 Å². The van der Waals surface area contributed by atoms with Crippen LogP contribution >= 0.6 is 0 Å². The lowest BCUT2D eigenvalue weighted by Crippen LogP contribution is -2.03. The van der Waals surface area contributed by atoms with Crippen molar-refractivity contribution in [1.82, 2.24) is 9.78 Å². The van der Waals surface area contributed by atoms with Gasteiger partial charge in [-0.1, -0.05) is 6.07 Å². The molecule has 17 heavy (non-hydrogen) atoms. The van der Waals surface area contributed by atoms with Crippen LogP contribution in [0, 0.1) is 21.7 Å². The number of halogens is 2. The summed E-state index contributed by atoms with van der Waals surface area (Å²) in [6, 6.07) is 4.36. The van der Waals surface area contributed by atoms with Crippen molar-refractivity contribution in [3.63, 3.8) is 0 Å². The van der Waals surface area contributed by atoms with Crippen LogP contribution in [0.3, 0.4) is 0 Å². The van der Waals surface area contributed by atoms with E-state index in [9.17, 15) is 18.9 Å². The minimum atomic E-state index is -0.705. The molecule has 0 bridgehead atoms. The first kappa shape index (κ1) is 11.2. The summed E-state index contributed by atoms with van der Waals surface area (Å²) >= 11 is 0. The lowest BCUT2D eigenvalue weighted by Gasteiger charge is -2.00. The van der Waals surface area contributed by atoms with Gasteiger partial charge >= 0.3 is 5.82 Å². The predicted octanol–water partition coefficient (Wildman–Crippen LogP) is 2.12. The van der Waals surface area contributed by atoms with E-state index in [2.05, 4.69) is 5.10 Å². The lowest BCUT2D eigenvalue weighted by molar-refractivity contribution is -0.389. The Labute approximate surface area is 94.4 Å². The molecule has 0 atom stereocenters. The minimum absolute atomic E-state index is 0.0138. The second-order valence-corrected chi connectivity index (χ2v) is 3.36. The van der Waals surface area contributed by atoms with Crippen LogP contribution < -0.4 is 0 Å². The fourth-order valence-corrected chi connectivity index (χ4v) is 1.36. The van der Waals surface area contributed by atoms with Crippen LogP contribution in [-0.4, -0.2) is 14.7 Å². The van der Waals surface area contributed by atoms with Crippen molar-refractivity contribution in [1.29, 1.82) is 0 Å². The van der Waals surface area contributed by atoms with E-state index in [4.69, 9.17) is 0 Å². The number of rotatable bonds is 3. The van der Waals surface area contributed by atoms with E-state index in [1.807, 2.05) is 0 Å². The zero-order chi connectivity index (χ0) is 12.4. The van der Waals surface area contributed by atoms with Gasteiger partial charge in [-0.3, -0.25) is 0 Å². The van der Waals surface area contributed by atoms with Crippen molar-refractivity contribution in [2.24, 2.45) is 0 Å². The molecule has 5 nitrogen and oxygen atoms in total. The fraction of sp³-hybridized carbons (Fsp3) is 0.100. The Balaban J connectivity index is 2.22. The largest absolute Gasteiger partial charge is 0.389 e. The van der Waals surface area contributed by atoms with Gasteiger partial charge in [-0.15, -0.1) is 0 Å². The molecule has 0 saturated heterocycles. The summed E-state index contributed by atoms with van der Waals surface area (Å²) in [4.78, 5) is 9.74. The van der Waals surface area contributed by atoms with Gasteiger partial charge < -0.3 is 10.1 Å². The Morgan fingerprint density at radius 2 is 2.12 bits per heavy atom. The van der Waals surface area contributed by atoms with Crippen LogP contribution in [0.4, 0.5) is 14.6 Å². The molecular formula is C10H7F2N3O2. The SMILES string of the molecule is O=[N+]([O-])c1ccn(Cc2ccc(F)cc2F)n1. The fourth-order valence-electron chi connectivity index (χ4n) is 1.36. The molecule has 2 aromatic rings. The number of hydrogen-bond donors (Lipinski definition) is 0. The van der Waals surface area contributed by atoms with Gasteiger partial charge in [-0.05, 0) is 11.0 Å². The number of nitrogens with zero attached hydrogens (tertiary/aromatic N) is 3. The maximum absolute atomic E-state index is 13.3. The molecule has 0 radical (unpaired) electrons. The Morgan fingerprint density at radius 1 is 1.35 bits per heavy atom. The third kappa shape index (κ3) is 2.44. The molecule has 0 saturated carbocycles. The third-order valence-corrected chi connectivity index (χ3v) is 2.16. The maximum atomic E-state index is 13.3. The molecule has 2 rings (SSSR count). The topological polar surface area (TPSA) is 61.0 Å².